The topological polar surface area (TPSA) is 193 Å². The number of fused-ring (bicyclic) bond motifs is 5. The molecule has 0 unspecified atom stereocenters. The van der Waals surface area contributed by atoms with Crippen molar-refractivity contribution in [1.82, 2.24) is 30.1 Å². The van der Waals surface area contributed by atoms with E-state index < -0.39 is 41.6 Å². The van der Waals surface area contributed by atoms with Crippen molar-refractivity contribution in [3.63, 3.8) is 0 Å². The van der Waals surface area contributed by atoms with Gasteiger partial charge in [-0.05, 0) is 91.8 Å². The highest BCUT2D eigenvalue weighted by Crippen LogP contribution is 2.52. The molecule has 3 aliphatic heterocycles. The number of pyridine rings is 1. The van der Waals surface area contributed by atoms with Gasteiger partial charge in [0.25, 0.3) is 5.91 Å². The van der Waals surface area contributed by atoms with Gasteiger partial charge in [-0.2, -0.15) is 0 Å². The molecule has 10 rings (SSSR count). The number of hydrogen-bond acceptors (Lipinski definition) is 11. The van der Waals surface area contributed by atoms with Gasteiger partial charge in [-0.3, -0.25) is 14.4 Å². The van der Waals surface area contributed by atoms with Gasteiger partial charge in [0.1, 0.15) is 18.0 Å². The summed E-state index contributed by atoms with van der Waals surface area (Å²) in [4.78, 5) is 46.8. The predicted molar refractivity (Wildman–Crippen MR) is 258 cm³/mol. The average Bonchev–Trinajstić information content (AvgIpc) is 3.61. The second-order valence-corrected chi connectivity index (χ2v) is 19.8. The summed E-state index contributed by atoms with van der Waals surface area (Å²) >= 11 is 0. The molecule has 2 bridgehead atoms. The van der Waals surface area contributed by atoms with E-state index in [-0.39, 0.29) is 61.8 Å². The molecule has 3 fully saturated rings. The zero-order valence-electron chi connectivity index (χ0n) is 39.5. The number of anilines is 2. The minimum absolute atomic E-state index is 0.00464. The van der Waals surface area contributed by atoms with Crippen LogP contribution in [0.1, 0.15) is 66.7 Å². The molecule has 3 aromatic carbocycles. The number of halogens is 3. The molecule has 4 aliphatic rings. The van der Waals surface area contributed by atoms with Crippen LogP contribution in [0.3, 0.4) is 0 Å². The second kappa shape index (κ2) is 19.2. The number of alkyl halides is 2. The summed E-state index contributed by atoms with van der Waals surface area (Å²) < 4.78 is 61.8. The maximum atomic E-state index is 15.9. The average molecular weight is 979 g/mol. The number of hydrogen-bond donors (Lipinski definition) is 6. The number of rotatable bonds is 19. The fourth-order valence-corrected chi connectivity index (χ4v) is 10.2. The number of carbonyl (C=O) groups excluding carboxylic acids is 3. The Hall–Kier alpha value is -6.67. The largest absolute Gasteiger partial charge is 0.586 e. The summed E-state index contributed by atoms with van der Waals surface area (Å²) in [5.74, 6) is -2.07. The highest BCUT2D eigenvalue weighted by molar-refractivity contribution is 6.03. The first-order valence-corrected chi connectivity index (χ1v) is 24.1. The Morgan fingerprint density at radius 2 is 1.70 bits per heavy atom. The second-order valence-electron chi connectivity index (χ2n) is 19.8. The number of amides is 3. The van der Waals surface area contributed by atoms with Crippen LogP contribution in [0.2, 0.25) is 0 Å². The summed E-state index contributed by atoms with van der Waals surface area (Å²) in [7, 11) is 0. The first-order chi connectivity index (χ1) is 34.1. The molecule has 3 aromatic heterocycles. The van der Waals surface area contributed by atoms with E-state index in [1.54, 1.807) is 21.4 Å². The summed E-state index contributed by atoms with van der Waals surface area (Å²) in [6, 6.07) is 22.1. The maximum absolute atomic E-state index is 15.9. The maximum Gasteiger partial charge on any atom is 0.586 e. The Morgan fingerprint density at radius 3 is 2.45 bits per heavy atom. The van der Waals surface area contributed by atoms with Crippen LogP contribution in [0, 0.1) is 5.82 Å². The van der Waals surface area contributed by atoms with Gasteiger partial charge < -0.3 is 59.7 Å². The van der Waals surface area contributed by atoms with Crippen LogP contribution in [-0.4, -0.2) is 113 Å². The molecule has 6 N–H and O–H groups in total. The molecule has 71 heavy (non-hydrogen) atoms. The van der Waals surface area contributed by atoms with E-state index in [1.807, 2.05) is 26.0 Å². The van der Waals surface area contributed by atoms with Crippen LogP contribution >= 0.6 is 0 Å². The van der Waals surface area contributed by atoms with Gasteiger partial charge in [0.2, 0.25) is 11.8 Å². The van der Waals surface area contributed by atoms with Gasteiger partial charge in [-0.25, -0.2) is 9.37 Å². The van der Waals surface area contributed by atoms with Gasteiger partial charge in [0.15, 0.2) is 11.5 Å². The van der Waals surface area contributed by atoms with Gasteiger partial charge in [-0.1, -0.05) is 32.0 Å². The Balaban J connectivity index is 0.706. The van der Waals surface area contributed by atoms with E-state index >= 15 is 4.39 Å². The quantitative estimate of drug-likeness (QED) is 0.0562. The molecular formula is C52H57F3N8O8. The van der Waals surface area contributed by atoms with Crippen LogP contribution in [0.4, 0.5) is 24.5 Å². The molecule has 1 aliphatic carbocycles. The minimum atomic E-state index is -3.81. The number of aliphatic hydroxyl groups is 2. The predicted octanol–water partition coefficient (Wildman–Crippen LogP) is 5.50. The molecule has 0 radical (unpaired) electrons. The zero-order valence-corrected chi connectivity index (χ0v) is 39.5. The summed E-state index contributed by atoms with van der Waals surface area (Å²) in [6.45, 7) is 6.30. The fraction of sp³-hybridized carbons (Fsp3) is 0.423. The summed E-state index contributed by atoms with van der Waals surface area (Å²) in [5.41, 5.74) is 3.00. The number of nitrogens with one attached hydrogen (secondary N) is 4. The van der Waals surface area contributed by atoms with Gasteiger partial charge in [-0.15, -0.1) is 8.78 Å². The van der Waals surface area contributed by atoms with Gasteiger partial charge in [0.05, 0.1) is 54.7 Å². The molecule has 1 saturated carbocycles. The number of ether oxygens (including phenoxy) is 3. The van der Waals surface area contributed by atoms with E-state index in [0.717, 1.165) is 24.0 Å². The van der Waals surface area contributed by atoms with Gasteiger partial charge >= 0.3 is 6.29 Å². The molecule has 6 heterocycles. The van der Waals surface area contributed by atoms with E-state index in [9.17, 15) is 33.4 Å². The van der Waals surface area contributed by atoms with Crippen molar-refractivity contribution in [2.75, 3.05) is 56.2 Å². The smallest absolute Gasteiger partial charge is 0.395 e. The third-order valence-corrected chi connectivity index (χ3v) is 14.1. The Bertz CT molecular complexity index is 2980. The number of benzene rings is 3. The van der Waals surface area contributed by atoms with E-state index in [0.29, 0.717) is 71.3 Å². The van der Waals surface area contributed by atoms with Crippen molar-refractivity contribution in [3.05, 3.63) is 113 Å². The molecule has 6 aromatic rings. The lowest BCUT2D eigenvalue weighted by atomic mass is 9.90. The summed E-state index contributed by atoms with van der Waals surface area (Å²) in [6.07, 6.45) is 2.29. The lowest BCUT2D eigenvalue weighted by Crippen LogP contribution is -2.51. The van der Waals surface area contributed by atoms with Crippen molar-refractivity contribution < 1.29 is 52.0 Å². The van der Waals surface area contributed by atoms with Gasteiger partial charge in [0, 0.05) is 84.3 Å². The molecule has 0 spiro atoms. The van der Waals surface area contributed by atoms with Crippen molar-refractivity contribution in [3.8, 4) is 11.5 Å². The van der Waals surface area contributed by atoms with Crippen molar-refractivity contribution in [1.29, 1.82) is 0 Å². The van der Waals surface area contributed by atoms with E-state index in [2.05, 4.69) is 64.9 Å². The van der Waals surface area contributed by atoms with Crippen molar-refractivity contribution in [2.45, 2.75) is 94.4 Å². The Morgan fingerprint density at radius 1 is 0.944 bits per heavy atom. The molecule has 374 valence electrons. The number of carbonyl (C=O) groups is 3. The highest BCUT2D eigenvalue weighted by Gasteiger charge is 2.53. The van der Waals surface area contributed by atoms with Crippen LogP contribution < -0.4 is 35.6 Å². The van der Waals surface area contributed by atoms with Crippen molar-refractivity contribution >= 4 is 51.0 Å². The molecule has 3 amide bonds. The lowest BCUT2D eigenvalue weighted by Gasteiger charge is -2.34. The van der Waals surface area contributed by atoms with E-state index in [1.165, 1.54) is 55.1 Å². The SMILES string of the molecule is CC(C)(COCCNC(=O)Cn1ccc2cc(C(=O)NCCc3ccc(N4C[C@H]5CC[C@@H](C4)N5)cc3)cnc21)c1cc2cc(NC(=O)C3(c4ccc5c(c4)OC(F)(F)O5)CC3)c(F)cc2n1C[C@@H](O)CO. The van der Waals surface area contributed by atoms with Crippen LogP contribution in [-0.2, 0) is 44.7 Å². The molecular weight excluding hydrogens is 922 g/mol. The third kappa shape index (κ3) is 10.1. The number of piperazine rings is 1. The zero-order chi connectivity index (χ0) is 49.7. The monoisotopic (exact) mass is 978 g/mol. The normalized spacial score (nSPS) is 19.0. The number of aromatic nitrogens is 3. The first-order valence-electron chi connectivity index (χ1n) is 24.1. The van der Waals surface area contributed by atoms with Crippen molar-refractivity contribution in [2.24, 2.45) is 0 Å². The fourth-order valence-electron chi connectivity index (χ4n) is 10.2. The Labute approximate surface area is 407 Å². The third-order valence-electron chi connectivity index (χ3n) is 14.1. The molecule has 19 heteroatoms. The molecule has 2 saturated heterocycles. The highest BCUT2D eigenvalue weighted by atomic mass is 19.3. The van der Waals surface area contributed by atoms with Crippen LogP contribution in [0.15, 0.2) is 85.2 Å². The molecule has 3 atom stereocenters. The molecule has 16 nitrogen and oxygen atoms in total. The number of nitrogens with zero attached hydrogens (tertiary/aromatic N) is 4. The van der Waals surface area contributed by atoms with E-state index in [4.69, 9.17) is 4.74 Å². The standard InChI is InChI=1S/C52H57F3N8O8/c1-50(2,45-21-33-20-41(40(53)23-42(33)63(45)27-39(65)29-64)60-49(68)51(13-14-51)35-5-10-43-44(22-35)71-52(54,55)70-43)30-69-18-16-56-46(66)28-61-17-12-32-19-34(24-58-47(32)61)48(67)57-15-11-31-3-8-38(9-4-31)62-25-36-6-7-37(26-62)59-36/h3-5,8-10,12,17,19-24,36-37,39,59,64-65H,6-7,11,13-16,18,25-30H2,1-2H3,(H,56,66)(H,57,67)(H,60,68)/t36-,37+,39-/m1/s1. The number of aliphatic hydroxyl groups excluding tert-OH is 2. The minimum Gasteiger partial charge on any atom is -0.395 e. The lowest BCUT2D eigenvalue weighted by molar-refractivity contribution is -0.286. The Kier molecular flexibility index (Phi) is 12.9. The van der Waals surface area contributed by atoms with Crippen LogP contribution in [0.5, 0.6) is 11.5 Å². The van der Waals surface area contributed by atoms with Crippen LogP contribution in [0.25, 0.3) is 21.9 Å². The summed E-state index contributed by atoms with van der Waals surface area (Å²) in [5, 5.41) is 33.8. The first kappa shape index (κ1) is 48.0.